The number of nitrogens with two attached hydrogens (primary N) is 1. The van der Waals surface area contributed by atoms with E-state index in [1.54, 1.807) is 0 Å². The fourth-order valence-electron chi connectivity index (χ4n) is 1.78. The van der Waals surface area contributed by atoms with Crippen molar-refractivity contribution in [3.63, 3.8) is 0 Å². The Hall–Kier alpha value is -1.36. The Kier molecular flexibility index (Phi) is 5.15. The van der Waals surface area contributed by atoms with Crippen molar-refractivity contribution in [2.75, 3.05) is 6.54 Å². The Labute approximate surface area is 102 Å². The molecule has 0 fully saturated rings. The number of amides is 1. The van der Waals surface area contributed by atoms with E-state index in [2.05, 4.69) is 10.4 Å². The van der Waals surface area contributed by atoms with E-state index in [9.17, 15) is 4.79 Å². The van der Waals surface area contributed by atoms with Gasteiger partial charge in [0, 0.05) is 31.3 Å². The summed E-state index contributed by atoms with van der Waals surface area (Å²) in [6.07, 6.45) is 2.31. The van der Waals surface area contributed by atoms with Gasteiger partial charge in [0.15, 0.2) is 0 Å². The quantitative estimate of drug-likeness (QED) is 0.719. The number of aromatic nitrogens is 2. The lowest BCUT2D eigenvalue weighted by molar-refractivity contribution is -0.121. The van der Waals surface area contributed by atoms with Gasteiger partial charge >= 0.3 is 0 Å². The van der Waals surface area contributed by atoms with E-state index in [1.165, 1.54) is 0 Å². The van der Waals surface area contributed by atoms with Gasteiger partial charge in [-0.15, -0.1) is 0 Å². The fourth-order valence-corrected chi connectivity index (χ4v) is 1.78. The molecule has 0 atom stereocenters. The predicted molar refractivity (Wildman–Crippen MR) is 67.4 cm³/mol. The van der Waals surface area contributed by atoms with Gasteiger partial charge in [0.25, 0.3) is 0 Å². The van der Waals surface area contributed by atoms with Crippen molar-refractivity contribution in [3.8, 4) is 0 Å². The van der Waals surface area contributed by atoms with Crippen LogP contribution in [0.2, 0.25) is 0 Å². The van der Waals surface area contributed by atoms with Gasteiger partial charge in [-0.2, -0.15) is 5.10 Å². The topological polar surface area (TPSA) is 72.9 Å². The van der Waals surface area contributed by atoms with Gasteiger partial charge < -0.3 is 11.1 Å². The van der Waals surface area contributed by atoms with E-state index >= 15 is 0 Å². The van der Waals surface area contributed by atoms with Crippen LogP contribution in [0.1, 0.15) is 36.2 Å². The first kappa shape index (κ1) is 13.7. The van der Waals surface area contributed by atoms with Crippen LogP contribution in [0.3, 0.4) is 0 Å². The van der Waals surface area contributed by atoms with Gasteiger partial charge in [-0.1, -0.05) is 0 Å². The zero-order valence-electron chi connectivity index (χ0n) is 10.9. The maximum Gasteiger partial charge on any atom is 0.220 e. The van der Waals surface area contributed by atoms with Crippen LogP contribution in [0, 0.1) is 13.8 Å². The van der Waals surface area contributed by atoms with E-state index in [-0.39, 0.29) is 5.91 Å². The minimum Gasteiger partial charge on any atom is -0.352 e. The van der Waals surface area contributed by atoms with E-state index < -0.39 is 0 Å². The molecule has 0 bridgehead atoms. The number of carbonyl (C=O) groups excluding carboxylic acids is 1. The molecule has 5 heteroatoms. The zero-order chi connectivity index (χ0) is 12.8. The molecule has 0 aliphatic heterocycles. The normalized spacial score (nSPS) is 10.6. The second-order valence-electron chi connectivity index (χ2n) is 4.30. The molecule has 0 aromatic carbocycles. The molecule has 1 aromatic rings. The summed E-state index contributed by atoms with van der Waals surface area (Å²) in [5.41, 5.74) is 8.57. The van der Waals surface area contributed by atoms with Crippen molar-refractivity contribution in [2.45, 2.75) is 39.7 Å². The van der Waals surface area contributed by atoms with Crippen molar-refractivity contribution in [1.29, 1.82) is 0 Å². The Bertz CT molecular complexity index is 384. The molecule has 96 valence electrons. The summed E-state index contributed by atoms with van der Waals surface area (Å²) < 4.78 is 1.84. The van der Waals surface area contributed by atoms with Gasteiger partial charge in [0.2, 0.25) is 5.91 Å². The molecule has 0 saturated carbocycles. The molecule has 0 saturated heterocycles. The lowest BCUT2D eigenvalue weighted by Gasteiger charge is -2.05. The smallest absolute Gasteiger partial charge is 0.220 e. The van der Waals surface area contributed by atoms with Gasteiger partial charge in [-0.05, 0) is 33.2 Å². The first-order chi connectivity index (χ1) is 8.06. The van der Waals surface area contributed by atoms with Crippen LogP contribution in [-0.2, 0) is 18.4 Å². The molecule has 17 heavy (non-hydrogen) atoms. The summed E-state index contributed by atoms with van der Waals surface area (Å²) in [4.78, 5) is 11.5. The van der Waals surface area contributed by atoms with Crippen LogP contribution in [0.25, 0.3) is 0 Å². The largest absolute Gasteiger partial charge is 0.352 e. The van der Waals surface area contributed by atoms with Crippen LogP contribution in [0.4, 0.5) is 0 Å². The Balaban J connectivity index is 2.42. The van der Waals surface area contributed by atoms with Crippen molar-refractivity contribution >= 4 is 5.91 Å². The van der Waals surface area contributed by atoms with Crippen LogP contribution >= 0.6 is 0 Å². The lowest BCUT2D eigenvalue weighted by Crippen LogP contribution is -2.23. The second-order valence-corrected chi connectivity index (χ2v) is 4.30. The van der Waals surface area contributed by atoms with Crippen LogP contribution < -0.4 is 11.1 Å². The van der Waals surface area contributed by atoms with Crippen LogP contribution in [-0.4, -0.2) is 22.2 Å². The van der Waals surface area contributed by atoms with Crippen molar-refractivity contribution in [2.24, 2.45) is 12.8 Å². The number of aryl methyl sites for hydroxylation is 2. The summed E-state index contributed by atoms with van der Waals surface area (Å²) in [5, 5.41) is 7.23. The average Bonchev–Trinajstić information content (AvgIpc) is 2.51. The highest BCUT2D eigenvalue weighted by molar-refractivity contribution is 5.75. The van der Waals surface area contributed by atoms with E-state index in [1.807, 2.05) is 25.6 Å². The van der Waals surface area contributed by atoms with Crippen LogP contribution in [0.5, 0.6) is 0 Å². The third kappa shape index (κ3) is 3.85. The summed E-state index contributed by atoms with van der Waals surface area (Å²) >= 11 is 0. The van der Waals surface area contributed by atoms with E-state index in [4.69, 9.17) is 5.73 Å². The Morgan fingerprint density at radius 2 is 2.12 bits per heavy atom. The maximum atomic E-state index is 11.5. The number of carbonyl (C=O) groups is 1. The van der Waals surface area contributed by atoms with Gasteiger partial charge in [-0.25, -0.2) is 0 Å². The molecule has 1 amide bonds. The van der Waals surface area contributed by atoms with Crippen molar-refractivity contribution in [3.05, 3.63) is 17.0 Å². The molecule has 1 aromatic heterocycles. The number of hydrogen-bond donors (Lipinski definition) is 2. The minimum atomic E-state index is 0.0844. The highest BCUT2D eigenvalue weighted by atomic mass is 16.1. The number of unbranched alkanes of at least 4 members (excludes halogenated alkanes) is 1. The highest BCUT2D eigenvalue weighted by Gasteiger charge is 2.10. The van der Waals surface area contributed by atoms with Gasteiger partial charge in [-0.3, -0.25) is 9.48 Å². The third-order valence-electron chi connectivity index (χ3n) is 2.98. The molecule has 3 N–H and O–H groups in total. The Morgan fingerprint density at radius 1 is 1.41 bits per heavy atom. The molecule has 1 rings (SSSR count). The summed E-state index contributed by atoms with van der Waals surface area (Å²) in [7, 11) is 1.91. The lowest BCUT2D eigenvalue weighted by atomic mass is 10.2. The first-order valence-electron chi connectivity index (χ1n) is 6.02. The standard InChI is InChI=1S/C12H22N4O/c1-9-11(10(2)16(3)15-9)8-14-12(17)6-4-5-7-13/h4-8,13H2,1-3H3,(H,14,17). The molecule has 0 aliphatic carbocycles. The van der Waals surface area contributed by atoms with Gasteiger partial charge in [0.1, 0.15) is 0 Å². The molecule has 0 unspecified atom stereocenters. The highest BCUT2D eigenvalue weighted by Crippen LogP contribution is 2.11. The zero-order valence-corrected chi connectivity index (χ0v) is 10.9. The van der Waals surface area contributed by atoms with Crippen LogP contribution in [0.15, 0.2) is 0 Å². The number of rotatable bonds is 6. The summed E-state index contributed by atoms with van der Waals surface area (Å²) in [5.74, 6) is 0.0844. The van der Waals surface area contributed by atoms with Crippen molar-refractivity contribution < 1.29 is 4.79 Å². The van der Waals surface area contributed by atoms with Crippen molar-refractivity contribution in [1.82, 2.24) is 15.1 Å². The molecule has 0 radical (unpaired) electrons. The molecule has 0 spiro atoms. The Morgan fingerprint density at radius 3 is 2.65 bits per heavy atom. The average molecular weight is 238 g/mol. The second kappa shape index (κ2) is 6.39. The number of nitrogens with one attached hydrogen (secondary N) is 1. The molecule has 5 nitrogen and oxygen atoms in total. The predicted octanol–water partition coefficient (Wildman–Crippen LogP) is 0.782. The van der Waals surface area contributed by atoms with Gasteiger partial charge in [0.05, 0.1) is 5.69 Å². The monoisotopic (exact) mass is 238 g/mol. The first-order valence-corrected chi connectivity index (χ1v) is 6.02. The molecule has 0 aliphatic rings. The van der Waals surface area contributed by atoms with E-state index in [0.29, 0.717) is 19.5 Å². The third-order valence-corrected chi connectivity index (χ3v) is 2.98. The fraction of sp³-hybridized carbons (Fsp3) is 0.667. The van der Waals surface area contributed by atoms with E-state index in [0.717, 1.165) is 29.8 Å². The molecular weight excluding hydrogens is 216 g/mol. The summed E-state index contributed by atoms with van der Waals surface area (Å²) in [6.45, 7) is 5.18. The number of nitrogens with zero attached hydrogens (tertiary/aromatic N) is 2. The molecule has 1 heterocycles. The summed E-state index contributed by atoms with van der Waals surface area (Å²) in [6, 6.07) is 0. The maximum absolute atomic E-state index is 11.5. The number of hydrogen-bond acceptors (Lipinski definition) is 3. The molecular formula is C12H22N4O. The minimum absolute atomic E-state index is 0.0844. The SMILES string of the molecule is Cc1nn(C)c(C)c1CNC(=O)CCCCN.